The molecule has 2 fully saturated rings. The van der Waals surface area contributed by atoms with Crippen LogP contribution in [-0.2, 0) is 4.79 Å². The highest BCUT2D eigenvalue weighted by atomic mass is 35.5. The van der Waals surface area contributed by atoms with Gasteiger partial charge in [-0.2, -0.15) is 0 Å². The molecule has 0 spiro atoms. The van der Waals surface area contributed by atoms with E-state index in [-0.39, 0.29) is 23.7 Å². The summed E-state index contributed by atoms with van der Waals surface area (Å²) in [5.74, 6) is 0.961. The van der Waals surface area contributed by atoms with E-state index >= 15 is 0 Å². The van der Waals surface area contributed by atoms with Crippen LogP contribution in [0.2, 0.25) is 0 Å². The van der Waals surface area contributed by atoms with Crippen molar-refractivity contribution in [3.8, 4) is 0 Å². The number of hydrogen-bond acceptors (Lipinski definition) is 2. The van der Waals surface area contributed by atoms with Gasteiger partial charge >= 0.3 is 0 Å². The third kappa shape index (κ3) is 3.61. The Bertz CT molecular complexity index is 271. The van der Waals surface area contributed by atoms with Crippen LogP contribution in [0, 0.1) is 11.3 Å². The molecule has 2 atom stereocenters. The van der Waals surface area contributed by atoms with Crippen molar-refractivity contribution in [2.45, 2.75) is 58.4 Å². The molecule has 2 N–H and O–H groups in total. The molecule has 2 aliphatic rings. The molecule has 1 amide bonds. The number of carbonyl (C=O) groups excluding carboxylic acids is 1. The predicted molar refractivity (Wildman–Crippen MR) is 77.0 cm³/mol. The van der Waals surface area contributed by atoms with Gasteiger partial charge in [0.25, 0.3) is 0 Å². The molecule has 0 aromatic carbocycles. The Hall–Kier alpha value is -0.280. The lowest BCUT2D eigenvalue weighted by Crippen LogP contribution is -2.51. The summed E-state index contributed by atoms with van der Waals surface area (Å²) in [6.07, 6.45) is 7.38. The zero-order valence-corrected chi connectivity index (χ0v) is 12.4. The van der Waals surface area contributed by atoms with Gasteiger partial charge in [0.15, 0.2) is 0 Å². The lowest BCUT2D eigenvalue weighted by Gasteiger charge is -2.34. The number of carbonyl (C=O) groups is 1. The fourth-order valence-corrected chi connectivity index (χ4v) is 3.21. The molecule has 106 valence electrons. The van der Waals surface area contributed by atoms with Gasteiger partial charge in [-0.15, -0.1) is 12.4 Å². The van der Waals surface area contributed by atoms with Crippen molar-refractivity contribution in [3.63, 3.8) is 0 Å². The van der Waals surface area contributed by atoms with Crippen molar-refractivity contribution in [2.75, 3.05) is 13.1 Å². The van der Waals surface area contributed by atoms with Crippen molar-refractivity contribution < 1.29 is 4.79 Å². The molecule has 1 aliphatic carbocycles. The zero-order chi connectivity index (χ0) is 12.3. The van der Waals surface area contributed by atoms with Crippen LogP contribution in [0.4, 0.5) is 0 Å². The fraction of sp³-hybridized carbons (Fsp3) is 0.929. The molecular formula is C14H27ClN2O. The summed E-state index contributed by atoms with van der Waals surface area (Å²) in [5, 5.41) is 6.59. The molecule has 0 radical (unpaired) electrons. The molecule has 2 unspecified atom stereocenters. The summed E-state index contributed by atoms with van der Waals surface area (Å²) in [6.45, 7) is 6.15. The van der Waals surface area contributed by atoms with Crippen LogP contribution >= 0.6 is 12.4 Å². The summed E-state index contributed by atoms with van der Waals surface area (Å²) in [6, 6.07) is 0.351. The van der Waals surface area contributed by atoms with Gasteiger partial charge in [0.2, 0.25) is 5.91 Å². The Balaban J connectivity index is 0.00000162. The SMILES string of the molecule is CC(NC(=O)C1(C)CCCNC1)C1CCCC1.Cl. The molecule has 1 saturated heterocycles. The van der Waals surface area contributed by atoms with Crippen molar-refractivity contribution >= 4 is 18.3 Å². The molecular weight excluding hydrogens is 248 g/mol. The number of nitrogens with one attached hydrogen (secondary N) is 2. The van der Waals surface area contributed by atoms with E-state index in [1.807, 2.05) is 0 Å². The summed E-state index contributed by atoms with van der Waals surface area (Å²) in [5.41, 5.74) is -0.189. The zero-order valence-electron chi connectivity index (χ0n) is 11.6. The first kappa shape index (κ1) is 15.8. The van der Waals surface area contributed by atoms with Crippen LogP contribution in [-0.4, -0.2) is 25.0 Å². The summed E-state index contributed by atoms with van der Waals surface area (Å²) in [4.78, 5) is 12.3. The van der Waals surface area contributed by atoms with Gasteiger partial charge in [-0.3, -0.25) is 4.79 Å². The quantitative estimate of drug-likeness (QED) is 0.830. The van der Waals surface area contributed by atoms with Crippen LogP contribution in [0.15, 0.2) is 0 Å². The van der Waals surface area contributed by atoms with Crippen LogP contribution in [0.25, 0.3) is 0 Å². The van der Waals surface area contributed by atoms with E-state index in [1.54, 1.807) is 0 Å². The molecule has 3 nitrogen and oxygen atoms in total. The number of amides is 1. The van der Waals surface area contributed by atoms with Gasteiger partial charge in [-0.1, -0.05) is 12.8 Å². The van der Waals surface area contributed by atoms with Gasteiger partial charge in [0, 0.05) is 12.6 Å². The van der Waals surface area contributed by atoms with Gasteiger partial charge < -0.3 is 10.6 Å². The average molecular weight is 275 g/mol. The predicted octanol–water partition coefficient (Wildman–Crippen LogP) is 2.49. The molecule has 1 saturated carbocycles. The Morgan fingerprint density at radius 1 is 1.33 bits per heavy atom. The van der Waals surface area contributed by atoms with E-state index < -0.39 is 0 Å². The Labute approximate surface area is 117 Å². The van der Waals surface area contributed by atoms with E-state index in [4.69, 9.17) is 0 Å². The second-order valence-corrected chi connectivity index (χ2v) is 6.15. The van der Waals surface area contributed by atoms with Crippen LogP contribution < -0.4 is 10.6 Å². The number of rotatable bonds is 3. The molecule has 0 aromatic rings. The van der Waals surface area contributed by atoms with Crippen molar-refractivity contribution in [1.29, 1.82) is 0 Å². The second-order valence-electron chi connectivity index (χ2n) is 6.15. The fourth-order valence-electron chi connectivity index (χ4n) is 3.21. The maximum absolute atomic E-state index is 12.3. The first-order valence-electron chi connectivity index (χ1n) is 7.13. The van der Waals surface area contributed by atoms with E-state index in [0.717, 1.165) is 25.9 Å². The highest BCUT2D eigenvalue weighted by Gasteiger charge is 2.36. The molecule has 1 aliphatic heterocycles. The highest BCUT2D eigenvalue weighted by molar-refractivity contribution is 5.85. The summed E-state index contributed by atoms with van der Waals surface area (Å²) in [7, 11) is 0. The normalized spacial score (nSPS) is 30.6. The van der Waals surface area contributed by atoms with Gasteiger partial charge in [0.05, 0.1) is 5.41 Å². The van der Waals surface area contributed by atoms with Gasteiger partial charge in [-0.05, 0) is 52.0 Å². The summed E-state index contributed by atoms with van der Waals surface area (Å²) >= 11 is 0. The van der Waals surface area contributed by atoms with E-state index in [9.17, 15) is 4.79 Å². The van der Waals surface area contributed by atoms with Crippen molar-refractivity contribution in [1.82, 2.24) is 10.6 Å². The summed E-state index contributed by atoms with van der Waals surface area (Å²) < 4.78 is 0. The van der Waals surface area contributed by atoms with E-state index in [1.165, 1.54) is 25.7 Å². The topological polar surface area (TPSA) is 41.1 Å². The number of halogens is 1. The van der Waals surface area contributed by atoms with Crippen LogP contribution in [0.1, 0.15) is 52.4 Å². The minimum Gasteiger partial charge on any atom is -0.353 e. The second kappa shape index (κ2) is 6.76. The standard InChI is InChI=1S/C14H26N2O.ClH/c1-11(12-6-3-4-7-12)16-13(17)14(2)8-5-9-15-10-14;/h11-12,15H,3-10H2,1-2H3,(H,16,17);1H. The third-order valence-electron chi connectivity index (χ3n) is 4.61. The Morgan fingerprint density at radius 2 is 2.00 bits per heavy atom. The molecule has 18 heavy (non-hydrogen) atoms. The van der Waals surface area contributed by atoms with Gasteiger partial charge in [-0.25, -0.2) is 0 Å². The first-order valence-corrected chi connectivity index (χ1v) is 7.13. The molecule has 0 bridgehead atoms. The monoisotopic (exact) mass is 274 g/mol. The van der Waals surface area contributed by atoms with E-state index in [2.05, 4.69) is 24.5 Å². The van der Waals surface area contributed by atoms with Gasteiger partial charge in [0.1, 0.15) is 0 Å². The Morgan fingerprint density at radius 3 is 2.56 bits per heavy atom. The Kier molecular flexibility index (Phi) is 5.93. The molecule has 1 heterocycles. The number of piperidine rings is 1. The largest absolute Gasteiger partial charge is 0.353 e. The number of hydrogen-bond donors (Lipinski definition) is 2. The van der Waals surface area contributed by atoms with Crippen molar-refractivity contribution in [2.24, 2.45) is 11.3 Å². The smallest absolute Gasteiger partial charge is 0.227 e. The van der Waals surface area contributed by atoms with Crippen molar-refractivity contribution in [3.05, 3.63) is 0 Å². The van der Waals surface area contributed by atoms with Crippen LogP contribution in [0.3, 0.4) is 0 Å². The lowest BCUT2D eigenvalue weighted by atomic mass is 9.81. The minimum atomic E-state index is -0.189. The first-order chi connectivity index (χ1) is 8.12. The molecule has 0 aromatic heterocycles. The highest BCUT2D eigenvalue weighted by Crippen LogP contribution is 2.29. The average Bonchev–Trinajstić information content (AvgIpc) is 2.83. The molecule has 4 heteroatoms. The minimum absolute atomic E-state index is 0. The molecule has 2 rings (SSSR count). The maximum atomic E-state index is 12.3. The third-order valence-corrected chi connectivity index (χ3v) is 4.61. The van der Waals surface area contributed by atoms with E-state index in [0.29, 0.717) is 12.0 Å². The lowest BCUT2D eigenvalue weighted by molar-refractivity contribution is -0.132. The van der Waals surface area contributed by atoms with Crippen LogP contribution in [0.5, 0.6) is 0 Å². The maximum Gasteiger partial charge on any atom is 0.227 e.